The lowest BCUT2D eigenvalue weighted by molar-refractivity contribution is 0.415. The van der Waals surface area contributed by atoms with Crippen molar-refractivity contribution in [3.05, 3.63) is 101 Å². The summed E-state index contributed by atoms with van der Waals surface area (Å²) in [7, 11) is 1.65. The average Bonchev–Trinajstić information content (AvgIpc) is 2.83. The molecule has 0 fully saturated rings. The number of nitrogens with zero attached hydrogens (tertiary/aromatic N) is 2. The zero-order valence-electron chi connectivity index (χ0n) is 17.8. The molecule has 158 valence electrons. The number of rotatable bonds is 6. The Morgan fingerprint density at radius 1 is 0.938 bits per heavy atom. The smallest absolute Gasteiger partial charge is 0.118 e. The van der Waals surface area contributed by atoms with E-state index in [-0.39, 0.29) is 0 Å². The highest BCUT2D eigenvalue weighted by Crippen LogP contribution is 2.36. The van der Waals surface area contributed by atoms with Crippen molar-refractivity contribution >= 4 is 23.4 Å². The highest BCUT2D eigenvalue weighted by molar-refractivity contribution is 7.98. The zero-order valence-corrected chi connectivity index (χ0v) is 19.4. The first kappa shape index (κ1) is 22.0. The van der Waals surface area contributed by atoms with Gasteiger partial charge in [0, 0.05) is 21.9 Å². The van der Waals surface area contributed by atoms with Crippen LogP contribution in [-0.4, -0.2) is 12.1 Å². The van der Waals surface area contributed by atoms with Gasteiger partial charge in [0.05, 0.1) is 18.4 Å². The van der Waals surface area contributed by atoms with Crippen LogP contribution in [0.2, 0.25) is 5.02 Å². The molecule has 0 aliphatic rings. The fraction of sp³-hybridized carbons (Fsp3) is 0.111. The predicted molar refractivity (Wildman–Crippen MR) is 132 cm³/mol. The van der Waals surface area contributed by atoms with E-state index in [0.717, 1.165) is 33.9 Å². The number of halogens is 1. The van der Waals surface area contributed by atoms with Crippen molar-refractivity contribution in [3.63, 3.8) is 0 Å². The molecule has 4 aromatic rings. The Balaban J connectivity index is 1.80. The van der Waals surface area contributed by atoms with Crippen molar-refractivity contribution in [3.8, 4) is 34.2 Å². The van der Waals surface area contributed by atoms with Gasteiger partial charge in [-0.05, 0) is 60.5 Å². The van der Waals surface area contributed by atoms with E-state index in [1.807, 2.05) is 54.6 Å². The fourth-order valence-electron chi connectivity index (χ4n) is 3.34. The molecule has 0 radical (unpaired) electrons. The Hall–Kier alpha value is -3.26. The third-order valence-corrected chi connectivity index (χ3v) is 6.43. The maximum atomic E-state index is 10.0. The standard InChI is InChI=1S/C27H21ClN2OS/c1-18-3-5-19(6-4-18)17-32-27-25(16-29)24(20-7-11-22(28)12-8-20)15-26(30-27)21-9-13-23(31-2)14-10-21/h3-15H,17H2,1-2H3. The molecule has 0 N–H and O–H groups in total. The molecule has 0 unspecified atom stereocenters. The zero-order chi connectivity index (χ0) is 22.5. The van der Waals surface area contributed by atoms with E-state index in [1.165, 1.54) is 11.1 Å². The molecule has 0 aliphatic carbocycles. The van der Waals surface area contributed by atoms with Crippen LogP contribution in [0.5, 0.6) is 5.75 Å². The Bertz CT molecular complexity index is 1260. The summed E-state index contributed by atoms with van der Waals surface area (Å²) in [6, 6.07) is 28.1. The summed E-state index contributed by atoms with van der Waals surface area (Å²) < 4.78 is 5.29. The van der Waals surface area contributed by atoms with Crippen molar-refractivity contribution in [2.45, 2.75) is 17.7 Å². The monoisotopic (exact) mass is 456 g/mol. The molecule has 0 saturated heterocycles. The second kappa shape index (κ2) is 9.91. The molecule has 4 rings (SSSR count). The predicted octanol–water partition coefficient (Wildman–Crippen LogP) is 7.55. The minimum absolute atomic E-state index is 0.571. The third-order valence-electron chi connectivity index (χ3n) is 5.14. The van der Waals surface area contributed by atoms with Crippen LogP contribution in [0.1, 0.15) is 16.7 Å². The molecule has 0 aliphatic heterocycles. The summed E-state index contributed by atoms with van der Waals surface area (Å²) in [5.41, 5.74) is 6.53. The number of hydrogen-bond acceptors (Lipinski definition) is 4. The molecular formula is C27H21ClN2OS. The van der Waals surface area contributed by atoms with Crippen LogP contribution < -0.4 is 4.74 Å². The number of nitriles is 1. The molecule has 0 saturated carbocycles. The van der Waals surface area contributed by atoms with Gasteiger partial charge in [-0.15, -0.1) is 11.8 Å². The van der Waals surface area contributed by atoms with Crippen LogP contribution in [0.4, 0.5) is 0 Å². The molecule has 0 spiro atoms. The Morgan fingerprint density at radius 3 is 2.22 bits per heavy atom. The number of pyridine rings is 1. The lowest BCUT2D eigenvalue weighted by Gasteiger charge is -2.13. The average molecular weight is 457 g/mol. The van der Waals surface area contributed by atoms with Crippen LogP contribution in [0.3, 0.4) is 0 Å². The summed E-state index contributed by atoms with van der Waals surface area (Å²) in [5, 5.41) is 11.4. The molecule has 3 nitrogen and oxygen atoms in total. The quantitative estimate of drug-likeness (QED) is 0.281. The topological polar surface area (TPSA) is 45.9 Å². The number of benzene rings is 3. The number of ether oxygens (including phenoxy) is 1. The number of thioether (sulfide) groups is 1. The maximum absolute atomic E-state index is 10.0. The van der Waals surface area contributed by atoms with Gasteiger partial charge in [-0.2, -0.15) is 5.26 Å². The lowest BCUT2D eigenvalue weighted by atomic mass is 9.99. The van der Waals surface area contributed by atoms with Crippen molar-refractivity contribution in [2.75, 3.05) is 7.11 Å². The van der Waals surface area contributed by atoms with Crippen molar-refractivity contribution < 1.29 is 4.74 Å². The largest absolute Gasteiger partial charge is 0.497 e. The number of methoxy groups -OCH3 is 1. The van der Waals surface area contributed by atoms with E-state index < -0.39 is 0 Å². The first-order valence-corrected chi connectivity index (χ1v) is 11.5. The van der Waals surface area contributed by atoms with Crippen molar-refractivity contribution in [2.24, 2.45) is 0 Å². The van der Waals surface area contributed by atoms with Crippen LogP contribution >= 0.6 is 23.4 Å². The third kappa shape index (κ3) is 4.96. The molecule has 0 amide bonds. The van der Waals surface area contributed by atoms with Gasteiger partial charge in [0.15, 0.2) is 0 Å². The molecule has 5 heteroatoms. The van der Waals surface area contributed by atoms with Crippen LogP contribution in [0.25, 0.3) is 22.4 Å². The van der Waals surface area contributed by atoms with Gasteiger partial charge in [0.1, 0.15) is 16.8 Å². The first-order chi connectivity index (χ1) is 15.6. The molecule has 3 aromatic carbocycles. The molecule has 0 atom stereocenters. The Labute approximate surface area is 197 Å². The molecule has 1 aromatic heterocycles. The van der Waals surface area contributed by atoms with Crippen LogP contribution in [-0.2, 0) is 5.75 Å². The van der Waals surface area contributed by atoms with E-state index in [9.17, 15) is 5.26 Å². The Morgan fingerprint density at radius 2 is 1.59 bits per heavy atom. The Kier molecular flexibility index (Phi) is 6.80. The summed E-state index contributed by atoms with van der Waals surface area (Å²) in [6.45, 7) is 2.07. The molecular weight excluding hydrogens is 436 g/mol. The highest BCUT2D eigenvalue weighted by Gasteiger charge is 2.16. The summed E-state index contributed by atoms with van der Waals surface area (Å²) in [4.78, 5) is 4.88. The molecule has 0 bridgehead atoms. The van der Waals surface area contributed by atoms with Crippen LogP contribution in [0, 0.1) is 18.3 Å². The van der Waals surface area contributed by atoms with Crippen molar-refractivity contribution in [1.29, 1.82) is 5.26 Å². The lowest BCUT2D eigenvalue weighted by Crippen LogP contribution is -1.96. The van der Waals surface area contributed by atoms with Gasteiger partial charge in [0.2, 0.25) is 0 Å². The molecule has 1 heterocycles. The van der Waals surface area contributed by atoms with E-state index in [2.05, 4.69) is 37.3 Å². The van der Waals surface area contributed by atoms with E-state index >= 15 is 0 Å². The van der Waals surface area contributed by atoms with E-state index in [4.69, 9.17) is 21.3 Å². The van der Waals surface area contributed by atoms with Gasteiger partial charge >= 0.3 is 0 Å². The number of aryl methyl sites for hydroxylation is 1. The second-order valence-electron chi connectivity index (χ2n) is 7.36. The SMILES string of the molecule is COc1ccc(-c2cc(-c3ccc(Cl)cc3)c(C#N)c(SCc3ccc(C)cc3)n2)cc1. The van der Waals surface area contributed by atoms with Gasteiger partial charge in [-0.3, -0.25) is 0 Å². The minimum atomic E-state index is 0.571. The number of hydrogen-bond donors (Lipinski definition) is 0. The second-order valence-corrected chi connectivity index (χ2v) is 8.76. The fourth-order valence-corrected chi connectivity index (χ4v) is 4.42. The normalized spacial score (nSPS) is 10.6. The molecule has 32 heavy (non-hydrogen) atoms. The minimum Gasteiger partial charge on any atom is -0.497 e. The highest BCUT2D eigenvalue weighted by atomic mass is 35.5. The summed E-state index contributed by atoms with van der Waals surface area (Å²) in [5.74, 6) is 1.52. The summed E-state index contributed by atoms with van der Waals surface area (Å²) >= 11 is 7.67. The maximum Gasteiger partial charge on any atom is 0.118 e. The number of aromatic nitrogens is 1. The van der Waals surface area contributed by atoms with Crippen molar-refractivity contribution in [1.82, 2.24) is 4.98 Å². The van der Waals surface area contributed by atoms with Gasteiger partial charge in [0.25, 0.3) is 0 Å². The van der Waals surface area contributed by atoms with Crippen LogP contribution in [0.15, 0.2) is 83.9 Å². The van der Waals surface area contributed by atoms with Gasteiger partial charge in [-0.25, -0.2) is 4.98 Å². The first-order valence-electron chi connectivity index (χ1n) is 10.1. The van der Waals surface area contributed by atoms with E-state index in [1.54, 1.807) is 18.9 Å². The van der Waals surface area contributed by atoms with Gasteiger partial charge in [-0.1, -0.05) is 53.6 Å². The summed E-state index contributed by atoms with van der Waals surface area (Å²) in [6.07, 6.45) is 0. The van der Waals surface area contributed by atoms with E-state index in [0.29, 0.717) is 15.6 Å². The van der Waals surface area contributed by atoms with Gasteiger partial charge < -0.3 is 4.74 Å².